The van der Waals surface area contributed by atoms with Crippen molar-refractivity contribution in [2.45, 2.75) is 64.6 Å². The number of hydrogen-bond donors (Lipinski definition) is 5. The second-order valence-electron chi connectivity index (χ2n) is 9.58. The molecule has 2 rings (SSSR count). The standard InChI is InChI=1S/C20H42N6O/c1-15(10-21)13-26-14-17(24-19(27)25-20(2,3)4)9-18(26)12-23-11-16-5-7-22-8-6-16/h15-18,22-23H,5-14,21H2,1-4H3,(H2,24,25,27)/t15-,17+,18-/m0/s1. The zero-order valence-electron chi connectivity index (χ0n) is 17.8. The number of nitrogens with two attached hydrogens (primary N) is 1. The van der Waals surface area contributed by atoms with Gasteiger partial charge in [0.05, 0.1) is 0 Å². The Bertz CT molecular complexity index is 446. The molecule has 2 fully saturated rings. The number of amides is 2. The van der Waals surface area contributed by atoms with Crippen LogP contribution in [0.2, 0.25) is 0 Å². The van der Waals surface area contributed by atoms with Crippen molar-refractivity contribution in [3.05, 3.63) is 0 Å². The van der Waals surface area contributed by atoms with Gasteiger partial charge in [-0.05, 0) is 78.0 Å². The highest BCUT2D eigenvalue weighted by atomic mass is 16.2. The lowest BCUT2D eigenvalue weighted by molar-refractivity contribution is 0.210. The highest BCUT2D eigenvalue weighted by Crippen LogP contribution is 2.19. The van der Waals surface area contributed by atoms with Gasteiger partial charge < -0.3 is 27.0 Å². The highest BCUT2D eigenvalue weighted by Gasteiger charge is 2.33. The number of carbonyl (C=O) groups excluding carboxylic acids is 1. The topological polar surface area (TPSA) is 94.5 Å². The fourth-order valence-electron chi connectivity index (χ4n) is 4.10. The summed E-state index contributed by atoms with van der Waals surface area (Å²) in [6, 6.07) is 0.589. The van der Waals surface area contributed by atoms with E-state index in [1.165, 1.54) is 12.8 Å². The summed E-state index contributed by atoms with van der Waals surface area (Å²) < 4.78 is 0. The van der Waals surface area contributed by atoms with Crippen LogP contribution in [0.5, 0.6) is 0 Å². The third kappa shape index (κ3) is 8.34. The van der Waals surface area contributed by atoms with Gasteiger partial charge in [0.2, 0.25) is 0 Å². The first-order valence-corrected chi connectivity index (χ1v) is 10.7. The van der Waals surface area contributed by atoms with Crippen LogP contribution < -0.4 is 27.0 Å². The fourth-order valence-corrected chi connectivity index (χ4v) is 4.10. The second-order valence-corrected chi connectivity index (χ2v) is 9.58. The molecule has 0 radical (unpaired) electrons. The van der Waals surface area contributed by atoms with E-state index in [2.05, 4.69) is 33.1 Å². The Kier molecular flexibility index (Phi) is 8.79. The first kappa shape index (κ1) is 22.4. The first-order chi connectivity index (χ1) is 12.8. The Balaban J connectivity index is 1.82. The van der Waals surface area contributed by atoms with Gasteiger partial charge in [0.25, 0.3) is 0 Å². The SMILES string of the molecule is C[C@@H](CN)CN1C[C@H](NC(=O)NC(C)(C)C)C[C@H]1CNCC1CCNCC1. The lowest BCUT2D eigenvalue weighted by Crippen LogP contribution is -2.50. The molecule has 0 aromatic rings. The van der Waals surface area contributed by atoms with Gasteiger partial charge in [-0.25, -0.2) is 4.79 Å². The van der Waals surface area contributed by atoms with Crippen molar-refractivity contribution in [3.63, 3.8) is 0 Å². The summed E-state index contributed by atoms with van der Waals surface area (Å²) >= 11 is 0. The molecule has 0 spiro atoms. The second kappa shape index (κ2) is 10.6. The molecule has 27 heavy (non-hydrogen) atoms. The van der Waals surface area contributed by atoms with Crippen LogP contribution in [-0.2, 0) is 0 Å². The lowest BCUT2D eigenvalue weighted by atomic mass is 9.98. The number of hydrogen-bond acceptors (Lipinski definition) is 5. The number of urea groups is 1. The van der Waals surface area contributed by atoms with E-state index in [1.807, 2.05) is 20.8 Å². The molecule has 7 heteroatoms. The Morgan fingerprint density at radius 3 is 2.59 bits per heavy atom. The molecule has 0 aliphatic carbocycles. The van der Waals surface area contributed by atoms with Gasteiger partial charge in [-0.3, -0.25) is 4.90 Å². The summed E-state index contributed by atoms with van der Waals surface area (Å²) in [7, 11) is 0. The number of piperidine rings is 1. The minimum absolute atomic E-state index is 0.0670. The molecule has 3 atom stereocenters. The van der Waals surface area contributed by atoms with Crippen LogP contribution in [-0.4, -0.2) is 74.4 Å². The van der Waals surface area contributed by atoms with Gasteiger partial charge in [0, 0.05) is 37.3 Å². The Morgan fingerprint density at radius 1 is 1.26 bits per heavy atom. The number of rotatable bonds is 8. The Labute approximate surface area is 165 Å². The molecule has 2 saturated heterocycles. The van der Waals surface area contributed by atoms with Crippen LogP contribution in [0.4, 0.5) is 4.79 Å². The van der Waals surface area contributed by atoms with Crippen molar-refractivity contribution in [2.24, 2.45) is 17.6 Å². The molecular formula is C20H42N6O. The van der Waals surface area contributed by atoms with Crippen LogP contribution in [0.3, 0.4) is 0 Å². The summed E-state index contributed by atoms with van der Waals surface area (Å²) in [6.07, 6.45) is 3.53. The van der Waals surface area contributed by atoms with E-state index < -0.39 is 0 Å². The van der Waals surface area contributed by atoms with Crippen molar-refractivity contribution < 1.29 is 4.79 Å². The minimum Gasteiger partial charge on any atom is -0.334 e. The number of carbonyl (C=O) groups is 1. The van der Waals surface area contributed by atoms with Gasteiger partial charge in [-0.2, -0.15) is 0 Å². The van der Waals surface area contributed by atoms with Gasteiger partial charge in [0.1, 0.15) is 0 Å². The van der Waals surface area contributed by atoms with Crippen LogP contribution in [0.25, 0.3) is 0 Å². The average molecular weight is 383 g/mol. The quantitative estimate of drug-likeness (QED) is 0.426. The van der Waals surface area contributed by atoms with E-state index in [9.17, 15) is 4.79 Å². The number of nitrogens with one attached hydrogen (secondary N) is 4. The molecule has 0 saturated carbocycles. The first-order valence-electron chi connectivity index (χ1n) is 10.7. The predicted molar refractivity (Wildman–Crippen MR) is 112 cm³/mol. The third-order valence-electron chi connectivity index (χ3n) is 5.57. The molecule has 7 nitrogen and oxygen atoms in total. The van der Waals surface area contributed by atoms with E-state index in [0.717, 1.165) is 51.6 Å². The molecule has 158 valence electrons. The van der Waals surface area contributed by atoms with Gasteiger partial charge in [-0.15, -0.1) is 0 Å². The van der Waals surface area contributed by atoms with Crippen LogP contribution >= 0.6 is 0 Å². The molecular weight excluding hydrogens is 340 g/mol. The Hall–Kier alpha value is -0.890. The van der Waals surface area contributed by atoms with E-state index in [1.54, 1.807) is 0 Å². The third-order valence-corrected chi connectivity index (χ3v) is 5.57. The summed E-state index contributed by atoms with van der Waals surface area (Å²) in [5.41, 5.74) is 5.63. The Morgan fingerprint density at radius 2 is 1.96 bits per heavy atom. The molecule has 0 aromatic heterocycles. The molecule has 2 amide bonds. The van der Waals surface area contributed by atoms with Crippen molar-refractivity contribution in [1.29, 1.82) is 0 Å². The largest absolute Gasteiger partial charge is 0.334 e. The summed E-state index contributed by atoms with van der Waals surface area (Å²) in [5, 5.41) is 13.3. The minimum atomic E-state index is -0.216. The van der Waals surface area contributed by atoms with Crippen molar-refractivity contribution in [2.75, 3.05) is 45.8 Å². The lowest BCUT2D eigenvalue weighted by Gasteiger charge is -2.28. The number of likely N-dealkylation sites (tertiary alicyclic amines) is 1. The molecule has 0 bridgehead atoms. The molecule has 0 unspecified atom stereocenters. The summed E-state index contributed by atoms with van der Waals surface area (Å²) in [4.78, 5) is 14.8. The molecule has 2 heterocycles. The maximum Gasteiger partial charge on any atom is 0.315 e. The highest BCUT2D eigenvalue weighted by molar-refractivity contribution is 5.75. The monoisotopic (exact) mass is 382 g/mol. The van der Waals surface area contributed by atoms with Crippen molar-refractivity contribution in [3.8, 4) is 0 Å². The summed E-state index contributed by atoms with van der Waals surface area (Å²) in [5.74, 6) is 1.26. The van der Waals surface area contributed by atoms with Crippen LogP contribution in [0.15, 0.2) is 0 Å². The van der Waals surface area contributed by atoms with Crippen molar-refractivity contribution >= 4 is 6.03 Å². The van der Waals surface area contributed by atoms with E-state index in [-0.39, 0.29) is 17.6 Å². The summed E-state index contributed by atoms with van der Waals surface area (Å²) in [6.45, 7) is 15.2. The molecule has 6 N–H and O–H groups in total. The van der Waals surface area contributed by atoms with Crippen LogP contribution in [0.1, 0.15) is 47.0 Å². The number of nitrogens with zero attached hydrogens (tertiary/aromatic N) is 1. The van der Waals surface area contributed by atoms with Crippen LogP contribution in [0, 0.1) is 11.8 Å². The molecule has 2 aliphatic heterocycles. The molecule has 2 aliphatic rings. The normalized spacial score (nSPS) is 26.1. The average Bonchev–Trinajstić information content (AvgIpc) is 2.95. The van der Waals surface area contributed by atoms with Gasteiger partial charge in [0.15, 0.2) is 0 Å². The van der Waals surface area contributed by atoms with E-state index in [4.69, 9.17) is 5.73 Å². The zero-order chi connectivity index (χ0) is 19.9. The fraction of sp³-hybridized carbons (Fsp3) is 0.950. The maximum atomic E-state index is 12.2. The van der Waals surface area contributed by atoms with E-state index in [0.29, 0.717) is 18.5 Å². The predicted octanol–water partition coefficient (Wildman–Crippen LogP) is 0.711. The van der Waals surface area contributed by atoms with Gasteiger partial charge >= 0.3 is 6.03 Å². The zero-order valence-corrected chi connectivity index (χ0v) is 17.8. The van der Waals surface area contributed by atoms with Gasteiger partial charge in [-0.1, -0.05) is 6.92 Å². The maximum absolute atomic E-state index is 12.2. The smallest absolute Gasteiger partial charge is 0.315 e. The molecule has 0 aromatic carbocycles. The van der Waals surface area contributed by atoms with Crippen molar-refractivity contribution in [1.82, 2.24) is 26.2 Å². The van der Waals surface area contributed by atoms with E-state index >= 15 is 0 Å².